The molecule has 3 fully saturated rings. The van der Waals surface area contributed by atoms with Crippen molar-refractivity contribution in [1.29, 1.82) is 0 Å². The summed E-state index contributed by atoms with van der Waals surface area (Å²) in [5.74, 6) is -0.532. The van der Waals surface area contributed by atoms with Gasteiger partial charge in [0.05, 0.1) is 18.1 Å². The van der Waals surface area contributed by atoms with Gasteiger partial charge in [-0.3, -0.25) is 24.8 Å². The van der Waals surface area contributed by atoms with E-state index in [4.69, 9.17) is 0 Å². The lowest BCUT2D eigenvalue weighted by molar-refractivity contribution is -0.139. The molecule has 0 aromatic heterocycles. The van der Waals surface area contributed by atoms with Crippen LogP contribution in [0.1, 0.15) is 18.9 Å². The average molecular weight is 450 g/mol. The highest BCUT2D eigenvalue weighted by Gasteiger charge is 2.50. The van der Waals surface area contributed by atoms with E-state index in [1.165, 1.54) is 0 Å². The largest absolute Gasteiger partial charge is 0.344 e. The molecule has 168 valence electrons. The smallest absolute Gasteiger partial charge is 0.318 e. The molecular weight excluding hydrogens is 422 g/mol. The number of carbonyl (C=O) groups is 3. The van der Waals surface area contributed by atoms with Crippen LogP contribution in [0.25, 0.3) is 0 Å². The maximum Gasteiger partial charge on any atom is 0.344 e. The molecule has 3 saturated heterocycles. The third-order valence-electron chi connectivity index (χ3n) is 6.28. The Morgan fingerprint density at radius 1 is 1.16 bits per heavy atom. The zero-order chi connectivity index (χ0) is 22.2. The van der Waals surface area contributed by atoms with E-state index >= 15 is 0 Å². The molecule has 31 heavy (non-hydrogen) atoms. The molecule has 3 heterocycles. The monoisotopic (exact) mass is 449 g/mol. The molecule has 1 aromatic rings. The van der Waals surface area contributed by atoms with E-state index < -0.39 is 33.2 Å². The van der Waals surface area contributed by atoms with Gasteiger partial charge >= 0.3 is 6.03 Å². The molecule has 3 aliphatic heterocycles. The first-order valence-corrected chi connectivity index (χ1v) is 12.2. The molecule has 2 N–H and O–H groups in total. The van der Waals surface area contributed by atoms with Gasteiger partial charge in [0.2, 0.25) is 0 Å². The predicted molar refractivity (Wildman–Crippen MR) is 112 cm³/mol. The van der Waals surface area contributed by atoms with Gasteiger partial charge in [0, 0.05) is 32.2 Å². The number of carbonyl (C=O) groups excluding carboxylic acids is 3. The van der Waals surface area contributed by atoms with Crippen LogP contribution < -0.4 is 10.7 Å². The van der Waals surface area contributed by atoms with Crippen molar-refractivity contribution in [1.82, 2.24) is 25.6 Å². The number of imide groups is 1. The van der Waals surface area contributed by atoms with Crippen LogP contribution in [-0.4, -0.2) is 91.3 Å². The Morgan fingerprint density at radius 2 is 1.84 bits per heavy atom. The summed E-state index contributed by atoms with van der Waals surface area (Å²) in [7, 11) is -2.93. The number of hydrogen-bond donors (Lipinski definition) is 2. The highest BCUT2D eigenvalue weighted by molar-refractivity contribution is 7.91. The third kappa shape index (κ3) is 4.43. The second-order valence-electron chi connectivity index (χ2n) is 8.47. The quantitative estimate of drug-likeness (QED) is 0.570. The number of hydrazine groups is 1. The van der Waals surface area contributed by atoms with Crippen LogP contribution in [0.15, 0.2) is 30.3 Å². The Hall–Kier alpha value is -2.50. The van der Waals surface area contributed by atoms with Gasteiger partial charge in [0.15, 0.2) is 9.84 Å². The van der Waals surface area contributed by atoms with Gasteiger partial charge < -0.3 is 5.32 Å². The fraction of sp³-hybridized carbons (Fsp3) is 0.550. The molecule has 2 atom stereocenters. The van der Waals surface area contributed by atoms with Crippen molar-refractivity contribution in [3.63, 3.8) is 0 Å². The molecule has 11 heteroatoms. The van der Waals surface area contributed by atoms with Crippen LogP contribution in [0.3, 0.4) is 0 Å². The Kier molecular flexibility index (Phi) is 5.75. The molecule has 0 bridgehead atoms. The Balaban J connectivity index is 1.29. The van der Waals surface area contributed by atoms with Crippen molar-refractivity contribution >= 4 is 27.7 Å². The Labute approximate surface area is 181 Å². The number of sulfone groups is 1. The third-order valence-corrected chi connectivity index (χ3v) is 8.03. The summed E-state index contributed by atoms with van der Waals surface area (Å²) in [4.78, 5) is 41.8. The maximum absolute atomic E-state index is 12.9. The average Bonchev–Trinajstić information content (AvgIpc) is 3.21. The maximum atomic E-state index is 12.9. The first-order chi connectivity index (χ1) is 14.7. The van der Waals surface area contributed by atoms with Gasteiger partial charge in [-0.1, -0.05) is 30.3 Å². The lowest BCUT2D eigenvalue weighted by Gasteiger charge is -2.37. The minimum atomic E-state index is -2.93. The van der Waals surface area contributed by atoms with Crippen molar-refractivity contribution in [2.45, 2.75) is 24.9 Å². The number of rotatable bonds is 5. The SMILES string of the molecule is C[C@]1(c2ccccc2)NC(=O)N(NC(=O)CN2CCN([C@H]3CCS(=O)(=O)C3)CC2)C1=O. The van der Waals surface area contributed by atoms with E-state index in [2.05, 4.69) is 15.6 Å². The summed E-state index contributed by atoms with van der Waals surface area (Å²) < 4.78 is 23.4. The van der Waals surface area contributed by atoms with Gasteiger partial charge in [-0.05, 0) is 18.9 Å². The molecule has 0 spiro atoms. The van der Waals surface area contributed by atoms with E-state index in [1.54, 1.807) is 31.2 Å². The number of nitrogens with zero attached hydrogens (tertiary/aromatic N) is 3. The summed E-state index contributed by atoms with van der Waals surface area (Å²) in [6, 6.07) is 8.26. The van der Waals surface area contributed by atoms with Gasteiger partial charge in [0.25, 0.3) is 11.8 Å². The highest BCUT2D eigenvalue weighted by Crippen LogP contribution is 2.27. The number of urea groups is 1. The molecule has 0 radical (unpaired) electrons. The lowest BCUT2D eigenvalue weighted by atomic mass is 9.92. The topological polar surface area (TPSA) is 119 Å². The first kappa shape index (κ1) is 21.7. The molecule has 0 saturated carbocycles. The van der Waals surface area contributed by atoms with Crippen molar-refractivity contribution in [2.75, 3.05) is 44.2 Å². The standard InChI is InChI=1S/C20H27N5O5S/c1-20(15-5-3-2-4-6-15)18(27)25(19(28)21-20)22-17(26)13-23-8-10-24(11-9-23)16-7-12-31(29,30)14-16/h2-6,16H,7-14H2,1H3,(H,21,28)(H,22,26)/t16-,20+/m0/s1. The number of piperazine rings is 1. The second kappa shape index (κ2) is 8.21. The van der Waals surface area contributed by atoms with Crippen LogP contribution in [0.5, 0.6) is 0 Å². The van der Waals surface area contributed by atoms with Crippen molar-refractivity contribution in [3.8, 4) is 0 Å². The zero-order valence-electron chi connectivity index (χ0n) is 17.4. The van der Waals surface area contributed by atoms with Crippen LogP contribution in [-0.2, 0) is 25.0 Å². The summed E-state index contributed by atoms with van der Waals surface area (Å²) in [5, 5.41) is 3.40. The number of amides is 4. The number of hydrogen-bond acceptors (Lipinski definition) is 7. The minimum absolute atomic E-state index is 0.0515. The van der Waals surface area contributed by atoms with E-state index in [1.807, 2.05) is 11.0 Å². The van der Waals surface area contributed by atoms with Gasteiger partial charge in [-0.2, -0.15) is 5.01 Å². The fourth-order valence-corrected chi connectivity index (χ4v) is 6.18. The van der Waals surface area contributed by atoms with Crippen LogP contribution in [0, 0.1) is 0 Å². The molecule has 4 rings (SSSR count). The molecule has 3 aliphatic rings. The van der Waals surface area contributed by atoms with Crippen LogP contribution >= 0.6 is 0 Å². The summed E-state index contributed by atoms with van der Waals surface area (Å²) >= 11 is 0. The second-order valence-corrected chi connectivity index (χ2v) is 10.7. The van der Waals surface area contributed by atoms with Crippen molar-refractivity contribution < 1.29 is 22.8 Å². The van der Waals surface area contributed by atoms with Crippen LogP contribution in [0.2, 0.25) is 0 Å². The fourth-order valence-electron chi connectivity index (χ4n) is 4.42. The zero-order valence-corrected chi connectivity index (χ0v) is 18.2. The molecule has 4 amide bonds. The Morgan fingerprint density at radius 3 is 2.45 bits per heavy atom. The molecule has 1 aromatic carbocycles. The summed E-state index contributed by atoms with van der Waals surface area (Å²) in [5.41, 5.74) is 1.82. The summed E-state index contributed by atoms with van der Waals surface area (Å²) in [6.07, 6.45) is 0.662. The van der Waals surface area contributed by atoms with Gasteiger partial charge in [0.1, 0.15) is 5.54 Å². The van der Waals surface area contributed by atoms with E-state index in [9.17, 15) is 22.8 Å². The first-order valence-electron chi connectivity index (χ1n) is 10.4. The molecule has 0 unspecified atom stereocenters. The predicted octanol–water partition coefficient (Wildman–Crippen LogP) is -0.710. The van der Waals surface area contributed by atoms with Crippen molar-refractivity contribution in [3.05, 3.63) is 35.9 Å². The summed E-state index contributed by atoms with van der Waals surface area (Å²) in [6.45, 7) is 4.26. The van der Waals surface area contributed by atoms with E-state index in [-0.39, 0.29) is 24.1 Å². The van der Waals surface area contributed by atoms with Crippen molar-refractivity contribution in [2.24, 2.45) is 0 Å². The molecule has 10 nitrogen and oxygen atoms in total. The van der Waals surface area contributed by atoms with Crippen LogP contribution in [0.4, 0.5) is 4.79 Å². The van der Waals surface area contributed by atoms with Gasteiger partial charge in [-0.15, -0.1) is 0 Å². The lowest BCUT2D eigenvalue weighted by Crippen LogP contribution is -2.55. The minimum Gasteiger partial charge on any atom is -0.318 e. The van der Waals surface area contributed by atoms with E-state index in [0.717, 1.165) is 5.01 Å². The van der Waals surface area contributed by atoms with E-state index in [0.29, 0.717) is 38.2 Å². The molecule has 0 aliphatic carbocycles. The van der Waals surface area contributed by atoms with Gasteiger partial charge in [-0.25, -0.2) is 13.2 Å². The Bertz CT molecular complexity index is 977. The number of nitrogens with one attached hydrogen (secondary N) is 2. The normalized spacial score (nSPS) is 29.2. The highest BCUT2D eigenvalue weighted by atomic mass is 32.2. The number of benzene rings is 1. The molecular formula is C20H27N5O5S.